The highest BCUT2D eigenvalue weighted by Crippen LogP contribution is 2.37. The first-order chi connectivity index (χ1) is 14.9. The van der Waals surface area contributed by atoms with Crippen molar-refractivity contribution in [3.8, 4) is 11.5 Å². The van der Waals surface area contributed by atoms with Crippen LogP contribution in [0.4, 0.5) is 5.69 Å². The van der Waals surface area contributed by atoms with E-state index in [1.807, 2.05) is 31.2 Å². The van der Waals surface area contributed by atoms with E-state index in [0.717, 1.165) is 10.0 Å². The summed E-state index contributed by atoms with van der Waals surface area (Å²) in [5.41, 5.74) is 1.47. The number of amides is 1. The average Bonchev–Trinajstić information content (AvgIpc) is 3.01. The predicted octanol–water partition coefficient (Wildman–Crippen LogP) is 5.20. The second kappa shape index (κ2) is 10.8. The zero-order chi connectivity index (χ0) is 22.4. The standard InChI is InChI=1S/C22H20BrNO5S2/c1-3-27-18-11-14(5-10-17(18)29-13-20(25)28-4-2)12-19-21(26)24(22(30)31-19)16-8-6-15(23)7-9-16/h5-12H,3-4,13H2,1-2H3/b19-12-. The molecule has 2 aromatic rings. The van der Waals surface area contributed by atoms with Crippen LogP contribution in [-0.4, -0.2) is 36.0 Å². The highest BCUT2D eigenvalue weighted by Gasteiger charge is 2.33. The molecular weight excluding hydrogens is 502 g/mol. The maximum absolute atomic E-state index is 13.0. The largest absolute Gasteiger partial charge is 0.490 e. The van der Waals surface area contributed by atoms with Crippen LogP contribution in [0.2, 0.25) is 0 Å². The molecule has 1 heterocycles. The van der Waals surface area contributed by atoms with E-state index < -0.39 is 5.97 Å². The number of carbonyl (C=O) groups is 2. The van der Waals surface area contributed by atoms with Gasteiger partial charge in [-0.2, -0.15) is 0 Å². The van der Waals surface area contributed by atoms with Crippen LogP contribution in [0.15, 0.2) is 51.8 Å². The molecule has 31 heavy (non-hydrogen) atoms. The second-order valence-electron chi connectivity index (χ2n) is 6.23. The van der Waals surface area contributed by atoms with Gasteiger partial charge in [0.05, 0.1) is 23.8 Å². The number of hydrogen-bond acceptors (Lipinski definition) is 7. The van der Waals surface area contributed by atoms with Crippen molar-refractivity contribution in [1.82, 2.24) is 0 Å². The van der Waals surface area contributed by atoms with E-state index in [-0.39, 0.29) is 19.1 Å². The lowest BCUT2D eigenvalue weighted by Crippen LogP contribution is -2.27. The Morgan fingerprint density at radius 1 is 1.10 bits per heavy atom. The number of hydrogen-bond donors (Lipinski definition) is 0. The van der Waals surface area contributed by atoms with E-state index >= 15 is 0 Å². The van der Waals surface area contributed by atoms with Gasteiger partial charge in [0.1, 0.15) is 0 Å². The quantitative estimate of drug-likeness (QED) is 0.269. The van der Waals surface area contributed by atoms with Gasteiger partial charge in [-0.15, -0.1) is 0 Å². The summed E-state index contributed by atoms with van der Waals surface area (Å²) in [5.74, 6) is 0.266. The number of nitrogens with zero attached hydrogens (tertiary/aromatic N) is 1. The highest BCUT2D eigenvalue weighted by molar-refractivity contribution is 9.10. The van der Waals surface area contributed by atoms with Gasteiger partial charge in [-0.3, -0.25) is 9.69 Å². The van der Waals surface area contributed by atoms with Gasteiger partial charge >= 0.3 is 5.97 Å². The summed E-state index contributed by atoms with van der Waals surface area (Å²) in [6.45, 7) is 4.09. The Labute approximate surface area is 198 Å². The van der Waals surface area contributed by atoms with Crippen molar-refractivity contribution in [3.63, 3.8) is 0 Å². The van der Waals surface area contributed by atoms with Crippen LogP contribution in [0, 0.1) is 0 Å². The fourth-order valence-corrected chi connectivity index (χ4v) is 4.34. The SMILES string of the molecule is CCOC(=O)COc1ccc(/C=C2\SC(=S)N(c3ccc(Br)cc3)C2=O)cc1OCC. The normalized spacial score (nSPS) is 14.8. The highest BCUT2D eigenvalue weighted by atomic mass is 79.9. The van der Waals surface area contributed by atoms with Gasteiger partial charge in [0.25, 0.3) is 5.91 Å². The summed E-state index contributed by atoms with van der Waals surface area (Å²) < 4.78 is 17.4. The first-order valence-electron chi connectivity index (χ1n) is 9.51. The lowest BCUT2D eigenvalue weighted by atomic mass is 10.1. The fourth-order valence-electron chi connectivity index (χ4n) is 2.77. The summed E-state index contributed by atoms with van der Waals surface area (Å²) in [7, 11) is 0. The fraction of sp³-hybridized carbons (Fsp3) is 0.227. The Bertz CT molecular complexity index is 1020. The number of anilines is 1. The molecule has 9 heteroatoms. The van der Waals surface area contributed by atoms with Crippen LogP contribution in [0.3, 0.4) is 0 Å². The summed E-state index contributed by atoms with van der Waals surface area (Å²) in [4.78, 5) is 26.5. The van der Waals surface area contributed by atoms with Crippen LogP contribution in [0.1, 0.15) is 19.4 Å². The zero-order valence-corrected chi connectivity index (χ0v) is 20.1. The third-order valence-corrected chi connectivity index (χ3v) is 5.93. The first-order valence-corrected chi connectivity index (χ1v) is 11.5. The number of rotatable bonds is 8. The summed E-state index contributed by atoms with van der Waals surface area (Å²) in [6.07, 6.45) is 1.76. The number of carbonyl (C=O) groups excluding carboxylic acids is 2. The van der Waals surface area contributed by atoms with E-state index in [0.29, 0.717) is 33.0 Å². The van der Waals surface area contributed by atoms with E-state index in [1.165, 1.54) is 16.7 Å². The Hall–Kier alpha value is -2.36. The molecule has 0 N–H and O–H groups in total. The van der Waals surface area contributed by atoms with Crippen LogP contribution in [-0.2, 0) is 14.3 Å². The lowest BCUT2D eigenvalue weighted by molar-refractivity contribution is -0.145. The van der Waals surface area contributed by atoms with Crippen molar-refractivity contribution >= 4 is 67.9 Å². The minimum absolute atomic E-state index is 0.182. The third kappa shape index (κ3) is 5.87. The summed E-state index contributed by atoms with van der Waals surface area (Å²) in [5, 5.41) is 0. The molecule has 0 atom stereocenters. The van der Waals surface area contributed by atoms with Gasteiger partial charge in [-0.05, 0) is 61.9 Å². The number of thioether (sulfide) groups is 1. The average molecular weight is 522 g/mol. The van der Waals surface area contributed by atoms with E-state index in [1.54, 1.807) is 31.2 Å². The molecule has 1 fully saturated rings. The van der Waals surface area contributed by atoms with Crippen molar-refractivity contribution in [3.05, 3.63) is 57.4 Å². The van der Waals surface area contributed by atoms with Crippen LogP contribution < -0.4 is 14.4 Å². The zero-order valence-electron chi connectivity index (χ0n) is 16.9. The first kappa shape index (κ1) is 23.3. The summed E-state index contributed by atoms with van der Waals surface area (Å²) >= 11 is 10.1. The molecule has 0 bridgehead atoms. The second-order valence-corrected chi connectivity index (χ2v) is 8.82. The molecule has 162 valence electrons. The molecule has 1 saturated heterocycles. The molecule has 0 aliphatic carbocycles. The molecule has 6 nitrogen and oxygen atoms in total. The minimum Gasteiger partial charge on any atom is -0.490 e. The van der Waals surface area contributed by atoms with E-state index in [2.05, 4.69) is 15.9 Å². The van der Waals surface area contributed by atoms with Crippen LogP contribution >= 0.6 is 39.9 Å². The minimum atomic E-state index is -0.453. The maximum Gasteiger partial charge on any atom is 0.344 e. The topological polar surface area (TPSA) is 65.1 Å². The van der Waals surface area contributed by atoms with Crippen molar-refractivity contribution in [1.29, 1.82) is 0 Å². The van der Waals surface area contributed by atoms with E-state index in [9.17, 15) is 9.59 Å². The van der Waals surface area contributed by atoms with E-state index in [4.69, 9.17) is 26.4 Å². The maximum atomic E-state index is 13.0. The smallest absolute Gasteiger partial charge is 0.344 e. The van der Waals surface area contributed by atoms with Crippen LogP contribution in [0.5, 0.6) is 11.5 Å². The summed E-state index contributed by atoms with van der Waals surface area (Å²) in [6, 6.07) is 12.6. The van der Waals surface area contributed by atoms with Crippen LogP contribution in [0.25, 0.3) is 6.08 Å². The van der Waals surface area contributed by atoms with Gasteiger partial charge in [0, 0.05) is 4.47 Å². The number of thiocarbonyl (C=S) groups is 1. The molecule has 0 aromatic heterocycles. The molecular formula is C22H20BrNO5S2. The number of esters is 1. The van der Waals surface area contributed by atoms with Gasteiger partial charge in [-0.1, -0.05) is 46.0 Å². The molecule has 0 radical (unpaired) electrons. The Morgan fingerprint density at radius 2 is 1.84 bits per heavy atom. The van der Waals surface area contributed by atoms with Crippen molar-refractivity contribution < 1.29 is 23.8 Å². The third-order valence-electron chi connectivity index (χ3n) is 4.09. The van der Waals surface area contributed by atoms with Crippen molar-refractivity contribution in [2.45, 2.75) is 13.8 Å². The van der Waals surface area contributed by atoms with Gasteiger partial charge in [0.15, 0.2) is 22.4 Å². The molecule has 1 amide bonds. The molecule has 1 aliphatic rings. The lowest BCUT2D eigenvalue weighted by Gasteiger charge is -2.14. The molecule has 1 aliphatic heterocycles. The number of halogens is 1. The molecule has 0 saturated carbocycles. The molecule has 0 spiro atoms. The molecule has 2 aromatic carbocycles. The van der Waals surface area contributed by atoms with Crippen molar-refractivity contribution in [2.75, 3.05) is 24.7 Å². The molecule has 0 unspecified atom stereocenters. The Kier molecular flexibility index (Phi) is 8.11. The Morgan fingerprint density at radius 3 is 2.52 bits per heavy atom. The van der Waals surface area contributed by atoms with Gasteiger partial charge < -0.3 is 14.2 Å². The van der Waals surface area contributed by atoms with Gasteiger partial charge in [0.2, 0.25) is 0 Å². The number of ether oxygens (including phenoxy) is 3. The monoisotopic (exact) mass is 521 g/mol. The van der Waals surface area contributed by atoms with Crippen molar-refractivity contribution in [2.24, 2.45) is 0 Å². The molecule has 3 rings (SSSR count). The predicted molar refractivity (Wildman–Crippen MR) is 130 cm³/mol. The Balaban J connectivity index is 1.81. The van der Waals surface area contributed by atoms with Gasteiger partial charge in [-0.25, -0.2) is 4.79 Å². The number of benzene rings is 2.